The molecule has 0 fully saturated rings. The molecule has 1 atom stereocenters. The molecular formula is C26H25N3O. The van der Waals surface area contributed by atoms with Crippen LogP contribution < -0.4 is 5.32 Å². The number of aromatic nitrogens is 2. The molecule has 1 heterocycles. The lowest BCUT2D eigenvalue weighted by molar-refractivity contribution is 0.0936. The Bertz CT molecular complexity index is 1120. The van der Waals surface area contributed by atoms with E-state index in [9.17, 15) is 4.79 Å². The standard InChI is InChI=1S/C26H25N3O/c1-3-24(20-16-14-19(2)15-17-20)27-26(30)23-18-29(22-12-8-5-9-13-22)28-25(23)21-10-6-4-7-11-21/h4-18,24H,3H2,1-2H3,(H,27,30). The van der Waals surface area contributed by atoms with E-state index in [0.717, 1.165) is 23.2 Å². The minimum absolute atomic E-state index is 0.0539. The number of carbonyl (C=O) groups excluding carboxylic acids is 1. The number of carbonyl (C=O) groups is 1. The summed E-state index contributed by atoms with van der Waals surface area (Å²) in [4.78, 5) is 13.3. The Morgan fingerprint density at radius 3 is 2.20 bits per heavy atom. The molecule has 0 radical (unpaired) electrons. The zero-order chi connectivity index (χ0) is 20.9. The monoisotopic (exact) mass is 395 g/mol. The van der Waals surface area contributed by atoms with Crippen molar-refractivity contribution in [2.45, 2.75) is 26.3 Å². The molecular weight excluding hydrogens is 370 g/mol. The molecule has 0 aliphatic heterocycles. The van der Waals surface area contributed by atoms with Crippen LogP contribution in [0.2, 0.25) is 0 Å². The highest BCUT2D eigenvalue weighted by atomic mass is 16.1. The Labute approximate surface area is 177 Å². The average molecular weight is 396 g/mol. The number of para-hydroxylation sites is 1. The van der Waals surface area contributed by atoms with Gasteiger partial charge in [0.05, 0.1) is 17.3 Å². The second-order valence-corrected chi connectivity index (χ2v) is 7.38. The number of hydrogen-bond donors (Lipinski definition) is 1. The SMILES string of the molecule is CCC(NC(=O)c1cn(-c2ccccc2)nc1-c1ccccc1)c1ccc(C)cc1. The predicted octanol–water partition coefficient (Wildman–Crippen LogP) is 5.73. The molecule has 0 bridgehead atoms. The molecule has 1 N–H and O–H groups in total. The molecule has 30 heavy (non-hydrogen) atoms. The van der Waals surface area contributed by atoms with E-state index in [1.54, 1.807) is 4.68 Å². The molecule has 1 amide bonds. The van der Waals surface area contributed by atoms with E-state index in [4.69, 9.17) is 5.10 Å². The summed E-state index contributed by atoms with van der Waals surface area (Å²) >= 11 is 0. The lowest BCUT2D eigenvalue weighted by Crippen LogP contribution is -2.28. The molecule has 0 saturated carbocycles. The van der Waals surface area contributed by atoms with Crippen molar-refractivity contribution in [3.63, 3.8) is 0 Å². The maximum Gasteiger partial charge on any atom is 0.255 e. The highest BCUT2D eigenvalue weighted by Crippen LogP contribution is 2.25. The first-order valence-electron chi connectivity index (χ1n) is 10.2. The number of nitrogens with zero attached hydrogens (tertiary/aromatic N) is 2. The fourth-order valence-corrected chi connectivity index (χ4v) is 3.52. The molecule has 150 valence electrons. The summed E-state index contributed by atoms with van der Waals surface area (Å²) in [5.74, 6) is -0.122. The summed E-state index contributed by atoms with van der Waals surface area (Å²) in [5, 5.41) is 7.95. The van der Waals surface area contributed by atoms with Gasteiger partial charge in [-0.1, -0.05) is 85.3 Å². The van der Waals surface area contributed by atoms with Crippen molar-refractivity contribution < 1.29 is 4.79 Å². The van der Waals surface area contributed by atoms with Crippen LogP contribution in [0.5, 0.6) is 0 Å². The van der Waals surface area contributed by atoms with Crippen molar-refractivity contribution in [2.24, 2.45) is 0 Å². The van der Waals surface area contributed by atoms with E-state index >= 15 is 0 Å². The summed E-state index contributed by atoms with van der Waals surface area (Å²) < 4.78 is 1.77. The molecule has 0 aliphatic carbocycles. The average Bonchev–Trinajstić information content (AvgIpc) is 3.25. The number of benzene rings is 3. The van der Waals surface area contributed by atoms with Gasteiger partial charge in [-0.3, -0.25) is 4.79 Å². The molecule has 3 aromatic carbocycles. The van der Waals surface area contributed by atoms with Crippen molar-refractivity contribution in [3.8, 4) is 16.9 Å². The van der Waals surface area contributed by atoms with Gasteiger partial charge in [-0.05, 0) is 31.0 Å². The summed E-state index contributed by atoms with van der Waals surface area (Å²) in [6.07, 6.45) is 2.62. The van der Waals surface area contributed by atoms with E-state index in [1.807, 2.05) is 66.9 Å². The highest BCUT2D eigenvalue weighted by Gasteiger charge is 2.21. The molecule has 4 rings (SSSR count). The molecule has 4 nitrogen and oxygen atoms in total. The van der Waals surface area contributed by atoms with Gasteiger partial charge in [0.25, 0.3) is 5.91 Å². The topological polar surface area (TPSA) is 46.9 Å². The Morgan fingerprint density at radius 2 is 1.57 bits per heavy atom. The van der Waals surface area contributed by atoms with Gasteiger partial charge in [0, 0.05) is 11.8 Å². The summed E-state index contributed by atoms with van der Waals surface area (Å²) in [6.45, 7) is 4.14. The van der Waals surface area contributed by atoms with E-state index < -0.39 is 0 Å². The van der Waals surface area contributed by atoms with Gasteiger partial charge >= 0.3 is 0 Å². The number of nitrogens with one attached hydrogen (secondary N) is 1. The fourth-order valence-electron chi connectivity index (χ4n) is 3.52. The summed E-state index contributed by atoms with van der Waals surface area (Å²) in [6, 6.07) is 27.9. The quantitative estimate of drug-likeness (QED) is 0.453. The summed E-state index contributed by atoms with van der Waals surface area (Å²) in [5.41, 5.74) is 5.38. The largest absolute Gasteiger partial charge is 0.345 e. The van der Waals surface area contributed by atoms with Crippen molar-refractivity contribution in [3.05, 3.63) is 108 Å². The summed E-state index contributed by atoms with van der Waals surface area (Å²) in [7, 11) is 0. The van der Waals surface area contributed by atoms with Crippen LogP contribution in [0.15, 0.2) is 91.1 Å². The van der Waals surface area contributed by atoms with Crippen molar-refractivity contribution in [2.75, 3.05) is 0 Å². The van der Waals surface area contributed by atoms with Crippen LogP contribution in [-0.2, 0) is 0 Å². The van der Waals surface area contributed by atoms with Crippen LogP contribution in [0, 0.1) is 6.92 Å². The Hall–Kier alpha value is -3.66. The number of hydrogen-bond acceptors (Lipinski definition) is 2. The lowest BCUT2D eigenvalue weighted by Gasteiger charge is -2.17. The Morgan fingerprint density at radius 1 is 0.933 bits per heavy atom. The van der Waals surface area contributed by atoms with Crippen LogP contribution in [0.25, 0.3) is 16.9 Å². The van der Waals surface area contributed by atoms with Crippen molar-refractivity contribution in [1.29, 1.82) is 0 Å². The maximum absolute atomic E-state index is 13.3. The van der Waals surface area contributed by atoms with Crippen LogP contribution in [0.4, 0.5) is 0 Å². The minimum atomic E-state index is -0.122. The van der Waals surface area contributed by atoms with Gasteiger partial charge in [0.1, 0.15) is 5.69 Å². The van der Waals surface area contributed by atoms with Crippen LogP contribution in [0.1, 0.15) is 40.9 Å². The third-order valence-corrected chi connectivity index (χ3v) is 5.22. The van der Waals surface area contributed by atoms with Gasteiger partial charge in [0.2, 0.25) is 0 Å². The predicted molar refractivity (Wildman–Crippen MR) is 121 cm³/mol. The van der Waals surface area contributed by atoms with Crippen molar-refractivity contribution >= 4 is 5.91 Å². The lowest BCUT2D eigenvalue weighted by atomic mass is 10.0. The van der Waals surface area contributed by atoms with Crippen LogP contribution in [0.3, 0.4) is 0 Å². The van der Waals surface area contributed by atoms with Crippen LogP contribution in [-0.4, -0.2) is 15.7 Å². The fraction of sp³-hybridized carbons (Fsp3) is 0.154. The molecule has 1 unspecified atom stereocenters. The normalized spacial score (nSPS) is 11.8. The van der Waals surface area contributed by atoms with Gasteiger partial charge in [-0.2, -0.15) is 5.10 Å². The molecule has 0 spiro atoms. The number of aryl methyl sites for hydroxylation is 1. The Balaban J connectivity index is 1.70. The van der Waals surface area contributed by atoms with Crippen LogP contribution >= 0.6 is 0 Å². The zero-order valence-corrected chi connectivity index (χ0v) is 17.2. The zero-order valence-electron chi connectivity index (χ0n) is 17.2. The van der Waals surface area contributed by atoms with Gasteiger partial charge < -0.3 is 5.32 Å². The van der Waals surface area contributed by atoms with Gasteiger partial charge in [-0.15, -0.1) is 0 Å². The third kappa shape index (κ3) is 4.18. The molecule has 0 aliphatic rings. The minimum Gasteiger partial charge on any atom is -0.345 e. The first kappa shape index (κ1) is 19.6. The van der Waals surface area contributed by atoms with E-state index in [1.165, 1.54) is 5.56 Å². The smallest absolute Gasteiger partial charge is 0.255 e. The second kappa shape index (κ2) is 8.78. The Kier molecular flexibility index (Phi) is 5.75. The third-order valence-electron chi connectivity index (χ3n) is 5.22. The second-order valence-electron chi connectivity index (χ2n) is 7.38. The van der Waals surface area contributed by atoms with E-state index in [0.29, 0.717) is 11.3 Å². The first-order chi connectivity index (χ1) is 14.7. The molecule has 1 aromatic heterocycles. The van der Waals surface area contributed by atoms with E-state index in [2.05, 4.69) is 43.4 Å². The van der Waals surface area contributed by atoms with E-state index in [-0.39, 0.29) is 11.9 Å². The highest BCUT2D eigenvalue weighted by molar-refractivity contribution is 6.00. The molecule has 4 heteroatoms. The first-order valence-corrected chi connectivity index (χ1v) is 10.2. The molecule has 0 saturated heterocycles. The van der Waals surface area contributed by atoms with Gasteiger partial charge in [0.15, 0.2) is 0 Å². The maximum atomic E-state index is 13.3. The molecule has 4 aromatic rings. The number of amides is 1. The van der Waals surface area contributed by atoms with Crippen molar-refractivity contribution in [1.82, 2.24) is 15.1 Å². The number of rotatable bonds is 6. The van der Waals surface area contributed by atoms with Gasteiger partial charge in [-0.25, -0.2) is 4.68 Å².